The molecule has 0 N–H and O–H groups in total. The molecule has 1 amide bonds. The van der Waals surface area contributed by atoms with Gasteiger partial charge in [-0.25, -0.2) is 0 Å². The Labute approximate surface area is 95.7 Å². The first-order valence-electron chi connectivity index (χ1n) is 5.61. The molecule has 4 heteroatoms. The van der Waals surface area contributed by atoms with E-state index in [2.05, 4.69) is 6.92 Å². The SMILES string of the molecule is CC1CC1C(=O)N1CC(CCl)OCC1C. The molecule has 0 bridgehead atoms. The van der Waals surface area contributed by atoms with Gasteiger partial charge in [0.15, 0.2) is 0 Å². The summed E-state index contributed by atoms with van der Waals surface area (Å²) in [6, 6.07) is 0.199. The molecule has 1 saturated carbocycles. The van der Waals surface area contributed by atoms with Crippen LogP contribution >= 0.6 is 11.6 Å². The van der Waals surface area contributed by atoms with Crippen LogP contribution in [0.5, 0.6) is 0 Å². The highest BCUT2D eigenvalue weighted by molar-refractivity contribution is 6.18. The molecular formula is C11H18ClNO2. The van der Waals surface area contributed by atoms with Crippen LogP contribution in [0.2, 0.25) is 0 Å². The van der Waals surface area contributed by atoms with Gasteiger partial charge in [-0.05, 0) is 19.3 Å². The van der Waals surface area contributed by atoms with E-state index in [1.54, 1.807) is 0 Å². The molecule has 1 aliphatic carbocycles. The Hall–Kier alpha value is -0.280. The van der Waals surface area contributed by atoms with E-state index < -0.39 is 0 Å². The number of hydrogen-bond donors (Lipinski definition) is 0. The standard InChI is InChI=1S/C11H18ClNO2/c1-7-3-10(7)11(14)13-5-9(4-12)15-6-8(13)2/h7-10H,3-6H2,1-2H3. The number of rotatable bonds is 2. The zero-order chi connectivity index (χ0) is 11.0. The molecular weight excluding hydrogens is 214 g/mol. The minimum atomic E-state index is 0.0147. The van der Waals surface area contributed by atoms with Crippen molar-refractivity contribution in [2.45, 2.75) is 32.4 Å². The van der Waals surface area contributed by atoms with Crippen LogP contribution in [0.1, 0.15) is 20.3 Å². The lowest BCUT2D eigenvalue weighted by molar-refractivity contribution is -0.144. The zero-order valence-corrected chi connectivity index (χ0v) is 10.0. The zero-order valence-electron chi connectivity index (χ0n) is 9.28. The molecule has 0 radical (unpaired) electrons. The number of nitrogens with zero attached hydrogens (tertiary/aromatic N) is 1. The Kier molecular flexibility index (Phi) is 3.21. The summed E-state index contributed by atoms with van der Waals surface area (Å²) in [5, 5.41) is 0. The minimum Gasteiger partial charge on any atom is -0.373 e. The topological polar surface area (TPSA) is 29.5 Å². The second-order valence-electron chi connectivity index (χ2n) is 4.77. The maximum atomic E-state index is 12.1. The number of ether oxygens (including phenoxy) is 1. The average Bonchev–Trinajstić information content (AvgIpc) is 2.95. The lowest BCUT2D eigenvalue weighted by Gasteiger charge is -2.37. The fourth-order valence-electron chi connectivity index (χ4n) is 2.10. The van der Waals surface area contributed by atoms with Gasteiger partial charge in [0.05, 0.1) is 24.6 Å². The predicted octanol–water partition coefficient (Wildman–Crippen LogP) is 1.50. The third-order valence-electron chi connectivity index (χ3n) is 3.39. The Morgan fingerprint density at radius 3 is 2.73 bits per heavy atom. The van der Waals surface area contributed by atoms with Crippen LogP contribution in [-0.2, 0) is 9.53 Å². The van der Waals surface area contributed by atoms with Crippen LogP contribution in [0.25, 0.3) is 0 Å². The molecule has 4 unspecified atom stereocenters. The predicted molar refractivity (Wildman–Crippen MR) is 58.9 cm³/mol. The van der Waals surface area contributed by atoms with Crippen molar-refractivity contribution in [3.05, 3.63) is 0 Å². The number of hydrogen-bond acceptors (Lipinski definition) is 2. The quantitative estimate of drug-likeness (QED) is 0.674. The van der Waals surface area contributed by atoms with E-state index in [9.17, 15) is 4.79 Å². The fourth-order valence-corrected chi connectivity index (χ4v) is 2.28. The number of amides is 1. The monoisotopic (exact) mass is 231 g/mol. The van der Waals surface area contributed by atoms with Gasteiger partial charge < -0.3 is 9.64 Å². The molecule has 3 nitrogen and oxygen atoms in total. The first-order valence-corrected chi connectivity index (χ1v) is 6.15. The van der Waals surface area contributed by atoms with Gasteiger partial charge in [-0.3, -0.25) is 4.79 Å². The van der Waals surface area contributed by atoms with Crippen molar-refractivity contribution in [3.63, 3.8) is 0 Å². The number of morpholine rings is 1. The lowest BCUT2D eigenvalue weighted by Crippen LogP contribution is -2.52. The van der Waals surface area contributed by atoms with Crippen LogP contribution < -0.4 is 0 Å². The Morgan fingerprint density at radius 1 is 1.53 bits per heavy atom. The van der Waals surface area contributed by atoms with Crippen molar-refractivity contribution >= 4 is 17.5 Å². The summed E-state index contributed by atoms with van der Waals surface area (Å²) in [6.45, 7) is 5.44. The maximum absolute atomic E-state index is 12.1. The van der Waals surface area contributed by atoms with Gasteiger partial charge in [0.1, 0.15) is 0 Å². The smallest absolute Gasteiger partial charge is 0.226 e. The van der Waals surface area contributed by atoms with Crippen molar-refractivity contribution in [1.29, 1.82) is 0 Å². The fraction of sp³-hybridized carbons (Fsp3) is 0.909. The van der Waals surface area contributed by atoms with Gasteiger partial charge in [0.2, 0.25) is 5.91 Å². The van der Waals surface area contributed by atoms with Crippen LogP contribution in [0.3, 0.4) is 0 Å². The first-order chi connectivity index (χ1) is 7.13. The first kappa shape index (κ1) is 11.2. The summed E-state index contributed by atoms with van der Waals surface area (Å²) < 4.78 is 5.52. The van der Waals surface area contributed by atoms with E-state index in [-0.39, 0.29) is 18.1 Å². The van der Waals surface area contributed by atoms with Crippen molar-refractivity contribution in [2.75, 3.05) is 19.0 Å². The van der Waals surface area contributed by atoms with Gasteiger partial charge in [-0.15, -0.1) is 11.6 Å². The molecule has 2 rings (SSSR count). The summed E-state index contributed by atoms with van der Waals surface area (Å²) in [6.07, 6.45) is 1.06. The van der Waals surface area contributed by atoms with Crippen LogP contribution in [0, 0.1) is 11.8 Å². The molecule has 1 aliphatic heterocycles. The van der Waals surface area contributed by atoms with Gasteiger partial charge in [0.25, 0.3) is 0 Å². The normalized spacial score (nSPS) is 40.3. The van der Waals surface area contributed by atoms with Crippen LogP contribution in [0.4, 0.5) is 0 Å². The van der Waals surface area contributed by atoms with Crippen molar-refractivity contribution < 1.29 is 9.53 Å². The largest absolute Gasteiger partial charge is 0.373 e. The number of carbonyl (C=O) groups excluding carboxylic acids is 1. The Morgan fingerprint density at radius 2 is 2.20 bits per heavy atom. The molecule has 0 aromatic carbocycles. The van der Waals surface area contributed by atoms with E-state index in [0.29, 0.717) is 30.9 Å². The highest BCUT2D eigenvalue weighted by atomic mass is 35.5. The molecule has 1 heterocycles. The molecule has 4 atom stereocenters. The van der Waals surface area contributed by atoms with Gasteiger partial charge in [-0.1, -0.05) is 6.92 Å². The van der Waals surface area contributed by atoms with Crippen molar-refractivity contribution in [1.82, 2.24) is 4.90 Å². The average molecular weight is 232 g/mol. The summed E-state index contributed by atoms with van der Waals surface area (Å²) in [5.41, 5.74) is 0. The maximum Gasteiger partial charge on any atom is 0.226 e. The molecule has 2 aliphatic rings. The number of halogens is 1. The van der Waals surface area contributed by atoms with Crippen LogP contribution in [0.15, 0.2) is 0 Å². The molecule has 86 valence electrons. The summed E-state index contributed by atoms with van der Waals surface area (Å²) in [7, 11) is 0. The molecule has 0 spiro atoms. The van der Waals surface area contributed by atoms with Crippen molar-refractivity contribution in [2.24, 2.45) is 11.8 Å². The Balaban J connectivity index is 1.96. The second-order valence-corrected chi connectivity index (χ2v) is 5.08. The van der Waals surface area contributed by atoms with E-state index in [4.69, 9.17) is 16.3 Å². The van der Waals surface area contributed by atoms with Crippen molar-refractivity contribution in [3.8, 4) is 0 Å². The molecule has 0 aromatic heterocycles. The second kappa shape index (κ2) is 4.30. The van der Waals surface area contributed by atoms with E-state index in [1.807, 2.05) is 11.8 Å². The number of carbonyl (C=O) groups is 1. The van der Waals surface area contributed by atoms with Gasteiger partial charge in [-0.2, -0.15) is 0 Å². The molecule has 2 fully saturated rings. The molecule has 1 saturated heterocycles. The van der Waals surface area contributed by atoms with Gasteiger partial charge >= 0.3 is 0 Å². The van der Waals surface area contributed by atoms with E-state index >= 15 is 0 Å². The van der Waals surface area contributed by atoms with E-state index in [0.717, 1.165) is 6.42 Å². The highest BCUT2D eigenvalue weighted by Crippen LogP contribution is 2.39. The third kappa shape index (κ3) is 2.28. The highest BCUT2D eigenvalue weighted by Gasteiger charge is 2.43. The molecule has 15 heavy (non-hydrogen) atoms. The molecule has 0 aromatic rings. The number of alkyl halides is 1. The van der Waals surface area contributed by atoms with Crippen LogP contribution in [-0.4, -0.2) is 42.0 Å². The summed E-state index contributed by atoms with van der Waals surface area (Å²) in [5.74, 6) is 1.61. The summed E-state index contributed by atoms with van der Waals surface area (Å²) in [4.78, 5) is 14.0. The Bertz CT molecular complexity index is 259. The third-order valence-corrected chi connectivity index (χ3v) is 3.73. The minimum absolute atomic E-state index is 0.0147. The lowest BCUT2D eigenvalue weighted by atomic mass is 10.1. The summed E-state index contributed by atoms with van der Waals surface area (Å²) >= 11 is 5.76. The van der Waals surface area contributed by atoms with E-state index in [1.165, 1.54) is 0 Å². The van der Waals surface area contributed by atoms with Gasteiger partial charge in [0, 0.05) is 12.5 Å².